The zero-order valence-electron chi connectivity index (χ0n) is 20.3. The summed E-state index contributed by atoms with van der Waals surface area (Å²) >= 11 is 0. The van der Waals surface area contributed by atoms with Crippen molar-refractivity contribution >= 4 is 23.5 Å². The van der Waals surface area contributed by atoms with Crippen molar-refractivity contribution in [1.82, 2.24) is 0 Å². The van der Waals surface area contributed by atoms with E-state index in [-0.39, 0.29) is 18.8 Å². The maximum atomic E-state index is 13.8. The number of amides is 1. The van der Waals surface area contributed by atoms with Crippen molar-refractivity contribution in [3.63, 3.8) is 0 Å². The van der Waals surface area contributed by atoms with E-state index in [4.69, 9.17) is 9.47 Å². The largest absolute Gasteiger partial charge is 0.481 e. The highest BCUT2D eigenvalue weighted by atomic mass is 16.6. The van der Waals surface area contributed by atoms with Gasteiger partial charge in [-0.15, -0.1) is 0 Å². The standard InChI is InChI=1S/C30H27NO6/c1-18(2)29(35)36-16-17-37-30-22-14-8-6-12-20(22)24(21-13-7-9-15-23(21)30)25(26(30)28(33)34)27(32)31-19-10-4-3-5-11-19/h3-15,24-26H,1,16-17H2,2H3,(H,31,32)(H,33,34). The highest BCUT2D eigenvalue weighted by Gasteiger charge is 2.64. The molecule has 3 aromatic rings. The molecule has 3 aliphatic carbocycles. The fraction of sp³-hybridized carbons (Fsp3) is 0.233. The Labute approximate surface area is 214 Å². The molecular formula is C30H27NO6. The summed E-state index contributed by atoms with van der Waals surface area (Å²) in [4.78, 5) is 38.7. The quantitative estimate of drug-likeness (QED) is 0.270. The van der Waals surface area contributed by atoms with Gasteiger partial charge >= 0.3 is 11.9 Å². The number of esters is 1. The third-order valence-corrected chi connectivity index (χ3v) is 7.15. The lowest BCUT2D eigenvalue weighted by molar-refractivity contribution is -0.171. The summed E-state index contributed by atoms with van der Waals surface area (Å²) in [5.74, 6) is -4.72. The van der Waals surface area contributed by atoms with Crippen molar-refractivity contribution < 1.29 is 29.0 Å². The van der Waals surface area contributed by atoms with Crippen LogP contribution in [-0.2, 0) is 29.5 Å². The van der Waals surface area contributed by atoms with Gasteiger partial charge in [0.2, 0.25) is 5.91 Å². The fourth-order valence-electron chi connectivity index (χ4n) is 5.78. The molecule has 0 fully saturated rings. The SMILES string of the molecule is C=C(C)C(=O)OCCOC12c3ccccc3C(c3ccccc31)C(C(=O)Nc1ccccc1)C2C(=O)O. The third-order valence-electron chi connectivity index (χ3n) is 7.15. The molecule has 0 aromatic heterocycles. The van der Waals surface area contributed by atoms with Crippen LogP contribution < -0.4 is 5.32 Å². The van der Waals surface area contributed by atoms with Crippen molar-refractivity contribution in [3.05, 3.63) is 113 Å². The molecule has 0 radical (unpaired) electrons. The summed E-state index contributed by atoms with van der Waals surface area (Å²) in [6.07, 6.45) is 0. The Hall–Kier alpha value is -4.23. The first-order chi connectivity index (χ1) is 17.9. The van der Waals surface area contributed by atoms with Crippen LogP contribution in [0.25, 0.3) is 0 Å². The summed E-state index contributed by atoms with van der Waals surface area (Å²) in [5.41, 5.74) is 2.51. The molecule has 1 amide bonds. The fourth-order valence-corrected chi connectivity index (χ4v) is 5.78. The molecule has 2 unspecified atom stereocenters. The van der Waals surface area contributed by atoms with Crippen LogP contribution in [0.3, 0.4) is 0 Å². The zero-order chi connectivity index (χ0) is 26.2. The number of hydrogen-bond acceptors (Lipinski definition) is 5. The molecule has 2 N–H and O–H groups in total. The van der Waals surface area contributed by atoms with E-state index in [1.54, 1.807) is 31.2 Å². The second kappa shape index (κ2) is 9.67. The number of anilines is 1. The molecule has 7 heteroatoms. The normalized spacial score (nSPS) is 22.9. The molecule has 0 spiro atoms. The first kappa shape index (κ1) is 24.5. The van der Waals surface area contributed by atoms with Gasteiger partial charge in [-0.2, -0.15) is 0 Å². The second-order valence-electron chi connectivity index (χ2n) is 9.35. The molecule has 3 aliphatic rings. The minimum atomic E-state index is -1.46. The molecule has 3 aromatic carbocycles. The van der Waals surface area contributed by atoms with Gasteiger partial charge in [-0.1, -0.05) is 73.3 Å². The van der Waals surface area contributed by atoms with E-state index >= 15 is 0 Å². The molecule has 0 saturated heterocycles. The van der Waals surface area contributed by atoms with E-state index in [9.17, 15) is 19.5 Å². The number of aliphatic carboxylic acids is 1. The van der Waals surface area contributed by atoms with E-state index in [1.165, 1.54) is 0 Å². The monoisotopic (exact) mass is 497 g/mol. The third kappa shape index (κ3) is 4.01. The number of carboxylic acids is 1. The van der Waals surface area contributed by atoms with Crippen LogP contribution >= 0.6 is 0 Å². The summed E-state index contributed by atoms with van der Waals surface area (Å²) in [6, 6.07) is 24.0. The highest BCUT2D eigenvalue weighted by molar-refractivity contribution is 5.98. The lowest BCUT2D eigenvalue weighted by Gasteiger charge is -2.55. The van der Waals surface area contributed by atoms with Crippen molar-refractivity contribution in [1.29, 1.82) is 0 Å². The van der Waals surface area contributed by atoms with Gasteiger partial charge < -0.3 is 19.9 Å². The number of ether oxygens (including phenoxy) is 2. The van der Waals surface area contributed by atoms with Crippen molar-refractivity contribution in [2.45, 2.75) is 18.4 Å². The summed E-state index contributed by atoms with van der Waals surface area (Å²) in [7, 11) is 0. The lowest BCUT2D eigenvalue weighted by Crippen LogP contribution is -2.59. The molecule has 0 aliphatic heterocycles. The van der Waals surface area contributed by atoms with Gasteiger partial charge in [0, 0.05) is 17.2 Å². The Morgan fingerprint density at radius 1 is 0.892 bits per heavy atom. The topological polar surface area (TPSA) is 102 Å². The van der Waals surface area contributed by atoms with Crippen molar-refractivity contribution in [3.8, 4) is 0 Å². The van der Waals surface area contributed by atoms with Crippen LogP contribution in [0, 0.1) is 11.8 Å². The van der Waals surface area contributed by atoms with E-state index < -0.39 is 41.2 Å². The van der Waals surface area contributed by atoms with Crippen LogP contribution in [0.5, 0.6) is 0 Å². The Balaban J connectivity index is 1.63. The Bertz CT molecular complexity index is 1330. The highest BCUT2D eigenvalue weighted by Crippen LogP contribution is 2.62. The predicted octanol–water partition coefficient (Wildman–Crippen LogP) is 4.48. The molecule has 0 saturated carbocycles. The number of rotatable bonds is 8. The van der Waals surface area contributed by atoms with Gasteiger partial charge in [0.1, 0.15) is 18.1 Å². The van der Waals surface area contributed by atoms with Gasteiger partial charge in [0.15, 0.2) is 0 Å². The minimum Gasteiger partial charge on any atom is -0.481 e. The Kier molecular flexibility index (Phi) is 6.39. The summed E-state index contributed by atoms with van der Waals surface area (Å²) in [6.45, 7) is 4.97. The number of carbonyl (C=O) groups is 3. The number of para-hydroxylation sites is 1. The Morgan fingerprint density at radius 3 is 2.03 bits per heavy atom. The number of carboxylic acid groups (broad SMARTS) is 1. The molecule has 188 valence electrons. The summed E-state index contributed by atoms with van der Waals surface area (Å²) < 4.78 is 11.7. The van der Waals surface area contributed by atoms with Crippen molar-refractivity contribution in [2.24, 2.45) is 11.8 Å². The van der Waals surface area contributed by atoms with E-state index in [2.05, 4.69) is 11.9 Å². The Morgan fingerprint density at radius 2 is 1.46 bits per heavy atom. The zero-order valence-corrected chi connectivity index (χ0v) is 20.3. The van der Waals surface area contributed by atoms with Crippen LogP contribution in [0.4, 0.5) is 5.69 Å². The first-order valence-corrected chi connectivity index (χ1v) is 12.1. The average Bonchev–Trinajstić information content (AvgIpc) is 2.91. The van der Waals surface area contributed by atoms with E-state index in [1.807, 2.05) is 54.6 Å². The van der Waals surface area contributed by atoms with Crippen LogP contribution in [-0.4, -0.2) is 36.2 Å². The predicted molar refractivity (Wildman–Crippen MR) is 137 cm³/mol. The number of benzene rings is 3. The molecule has 37 heavy (non-hydrogen) atoms. The minimum absolute atomic E-state index is 0.0663. The van der Waals surface area contributed by atoms with Crippen LogP contribution in [0.2, 0.25) is 0 Å². The number of fused-ring (bicyclic) bond motifs is 1. The maximum absolute atomic E-state index is 13.8. The first-order valence-electron chi connectivity index (χ1n) is 12.1. The lowest BCUT2D eigenvalue weighted by atomic mass is 9.51. The van der Waals surface area contributed by atoms with Crippen molar-refractivity contribution in [2.75, 3.05) is 18.5 Å². The molecule has 7 nitrogen and oxygen atoms in total. The van der Waals surface area contributed by atoms with Gasteiger partial charge in [0.25, 0.3) is 0 Å². The molecule has 2 atom stereocenters. The number of hydrogen-bond donors (Lipinski definition) is 2. The van der Waals surface area contributed by atoms with Crippen LogP contribution in [0.15, 0.2) is 91.0 Å². The second-order valence-corrected chi connectivity index (χ2v) is 9.35. The number of carbonyl (C=O) groups excluding carboxylic acids is 2. The van der Waals surface area contributed by atoms with Gasteiger partial charge in [-0.05, 0) is 41.3 Å². The maximum Gasteiger partial charge on any atom is 0.333 e. The molecule has 0 heterocycles. The van der Waals surface area contributed by atoms with E-state index in [0.29, 0.717) is 16.8 Å². The molecule has 2 bridgehead atoms. The smallest absolute Gasteiger partial charge is 0.333 e. The number of nitrogens with one attached hydrogen (secondary N) is 1. The van der Waals surface area contributed by atoms with Crippen LogP contribution in [0.1, 0.15) is 35.1 Å². The molecule has 6 rings (SSSR count). The molecular weight excluding hydrogens is 470 g/mol. The van der Waals surface area contributed by atoms with Gasteiger partial charge in [0.05, 0.1) is 12.5 Å². The van der Waals surface area contributed by atoms with Gasteiger partial charge in [-0.3, -0.25) is 9.59 Å². The van der Waals surface area contributed by atoms with Gasteiger partial charge in [-0.25, -0.2) is 4.79 Å². The van der Waals surface area contributed by atoms with E-state index in [0.717, 1.165) is 11.1 Å². The average molecular weight is 498 g/mol. The summed E-state index contributed by atoms with van der Waals surface area (Å²) in [5, 5.41) is 13.5.